The fraction of sp³-hybridized carbons (Fsp3) is 0.185. The number of carboxylic acid groups (broad SMARTS) is 1. The summed E-state index contributed by atoms with van der Waals surface area (Å²) in [6, 6.07) is 14.8. The van der Waals surface area contributed by atoms with E-state index in [0.717, 1.165) is 11.1 Å². The Balaban J connectivity index is 1.25. The van der Waals surface area contributed by atoms with Gasteiger partial charge in [0.15, 0.2) is 0 Å². The van der Waals surface area contributed by atoms with E-state index in [9.17, 15) is 14.7 Å². The molecule has 3 heterocycles. The van der Waals surface area contributed by atoms with Crippen LogP contribution < -0.4 is 5.32 Å². The van der Waals surface area contributed by atoms with E-state index in [1.54, 1.807) is 18.2 Å². The summed E-state index contributed by atoms with van der Waals surface area (Å²) in [6.07, 6.45) is 0.247. The van der Waals surface area contributed by atoms with Gasteiger partial charge < -0.3 is 23.1 Å². The largest absolute Gasteiger partial charge is 0.480 e. The number of rotatable bonds is 5. The number of oxazole rings is 2. The Morgan fingerprint density at radius 1 is 1.05 bits per heavy atom. The lowest BCUT2D eigenvalue weighted by atomic mass is 10.1. The van der Waals surface area contributed by atoms with Crippen LogP contribution in [-0.4, -0.2) is 27.1 Å². The van der Waals surface area contributed by atoms with Gasteiger partial charge in [0, 0.05) is 11.3 Å². The molecule has 5 aromatic rings. The molecule has 1 aliphatic rings. The van der Waals surface area contributed by atoms with Crippen LogP contribution in [0.4, 0.5) is 10.5 Å². The molecule has 1 aliphatic carbocycles. The van der Waals surface area contributed by atoms with E-state index in [0.29, 0.717) is 29.5 Å². The third-order valence-electron chi connectivity index (χ3n) is 6.27. The lowest BCUT2D eigenvalue weighted by molar-refractivity contribution is -0.140. The van der Waals surface area contributed by atoms with Gasteiger partial charge in [0.05, 0.1) is 0 Å². The highest BCUT2D eigenvalue weighted by Gasteiger charge is 2.56. The second-order valence-corrected chi connectivity index (χ2v) is 8.72. The molecule has 2 N–H and O–H groups in total. The number of aryl methyl sites for hydroxylation is 1. The molecule has 0 spiro atoms. The molecule has 0 bridgehead atoms. The van der Waals surface area contributed by atoms with Crippen molar-refractivity contribution in [3.05, 3.63) is 77.2 Å². The highest BCUT2D eigenvalue weighted by Crippen LogP contribution is 2.48. The fourth-order valence-electron chi connectivity index (χ4n) is 3.97. The number of anilines is 1. The topological polar surface area (TPSA) is 141 Å². The molecule has 1 amide bonds. The smallest absolute Gasteiger partial charge is 0.412 e. The summed E-state index contributed by atoms with van der Waals surface area (Å²) in [5.41, 5.74) is 1.83. The summed E-state index contributed by atoms with van der Waals surface area (Å²) in [7, 11) is 0. The first-order valence-corrected chi connectivity index (χ1v) is 11.5. The molecule has 2 aromatic carbocycles. The number of carbonyl (C=O) groups excluding carboxylic acids is 1. The maximum absolute atomic E-state index is 12.6. The number of aromatic nitrogens is 2. The van der Waals surface area contributed by atoms with Crippen LogP contribution in [0.3, 0.4) is 0 Å². The third kappa shape index (κ3) is 4.06. The molecule has 1 fully saturated rings. The number of carbonyl (C=O) groups is 2. The summed E-state index contributed by atoms with van der Waals surface area (Å²) in [5.74, 6) is 4.84. The number of carboxylic acids is 1. The van der Waals surface area contributed by atoms with Gasteiger partial charge in [-0.2, -0.15) is 9.97 Å². The van der Waals surface area contributed by atoms with Crippen molar-refractivity contribution in [2.45, 2.75) is 31.8 Å². The number of para-hydroxylation sites is 1. The number of furan rings is 1. The Kier molecular flexibility index (Phi) is 5.19. The molecule has 37 heavy (non-hydrogen) atoms. The molecule has 0 unspecified atom stereocenters. The van der Waals surface area contributed by atoms with Crippen LogP contribution in [0.2, 0.25) is 0 Å². The van der Waals surface area contributed by atoms with Crippen molar-refractivity contribution in [1.29, 1.82) is 0 Å². The Hall–Kier alpha value is -5.04. The van der Waals surface area contributed by atoms with Gasteiger partial charge in [0.1, 0.15) is 23.3 Å². The summed E-state index contributed by atoms with van der Waals surface area (Å²) in [5, 5.41) is 12.8. The van der Waals surface area contributed by atoms with Gasteiger partial charge in [-0.15, -0.1) is 0 Å². The molecule has 184 valence electrons. The molecular weight excluding hydrogens is 478 g/mol. The van der Waals surface area contributed by atoms with Gasteiger partial charge in [-0.25, -0.2) is 4.79 Å². The zero-order chi connectivity index (χ0) is 25.6. The molecular formula is C27H19N3O7. The minimum Gasteiger partial charge on any atom is -0.480 e. The number of hydrogen-bond acceptors (Lipinski definition) is 8. The predicted molar refractivity (Wildman–Crippen MR) is 130 cm³/mol. The number of aliphatic carboxylic acids is 1. The van der Waals surface area contributed by atoms with Crippen molar-refractivity contribution < 1.29 is 32.7 Å². The lowest BCUT2D eigenvalue weighted by Gasteiger charge is -2.08. The quantitative estimate of drug-likeness (QED) is 0.316. The second kappa shape index (κ2) is 8.57. The van der Waals surface area contributed by atoms with Gasteiger partial charge in [0.25, 0.3) is 5.89 Å². The first kappa shape index (κ1) is 22.4. The van der Waals surface area contributed by atoms with Crippen molar-refractivity contribution >= 4 is 40.1 Å². The van der Waals surface area contributed by atoms with Crippen molar-refractivity contribution in [2.75, 3.05) is 5.32 Å². The molecule has 3 aromatic heterocycles. The second-order valence-electron chi connectivity index (χ2n) is 8.72. The van der Waals surface area contributed by atoms with Crippen LogP contribution in [0, 0.1) is 18.8 Å². The summed E-state index contributed by atoms with van der Waals surface area (Å²) in [6.45, 7) is 2.06. The normalized spacial score (nSPS) is 13.8. The van der Waals surface area contributed by atoms with E-state index >= 15 is 0 Å². The molecule has 0 radical (unpaired) electrons. The maximum atomic E-state index is 12.6. The van der Waals surface area contributed by atoms with Crippen molar-refractivity contribution in [1.82, 2.24) is 9.97 Å². The van der Waals surface area contributed by atoms with Gasteiger partial charge >= 0.3 is 17.8 Å². The highest BCUT2D eigenvalue weighted by atomic mass is 16.5. The van der Waals surface area contributed by atoms with Crippen LogP contribution in [0.5, 0.6) is 0 Å². The number of nitrogens with zero attached hydrogens (tertiary/aromatic N) is 2. The van der Waals surface area contributed by atoms with Gasteiger partial charge in [-0.1, -0.05) is 36.4 Å². The number of benzene rings is 2. The zero-order valence-electron chi connectivity index (χ0n) is 19.5. The van der Waals surface area contributed by atoms with E-state index in [4.69, 9.17) is 18.0 Å². The van der Waals surface area contributed by atoms with E-state index in [2.05, 4.69) is 27.1 Å². The average Bonchev–Trinajstić information content (AvgIpc) is 3.32. The van der Waals surface area contributed by atoms with Gasteiger partial charge in [-0.3, -0.25) is 10.1 Å². The Labute approximate surface area is 209 Å². The number of ether oxygens (including phenoxy) is 1. The third-order valence-corrected chi connectivity index (χ3v) is 6.27. The number of nitrogens with one attached hydrogen (secondary N) is 1. The van der Waals surface area contributed by atoms with E-state index in [-0.39, 0.29) is 35.6 Å². The zero-order valence-corrected chi connectivity index (χ0v) is 19.5. The number of amides is 1. The molecule has 0 atom stereocenters. The van der Waals surface area contributed by atoms with Crippen LogP contribution in [-0.2, 0) is 21.6 Å². The minimum atomic E-state index is -1.10. The molecule has 6 rings (SSSR count). The summed E-state index contributed by atoms with van der Waals surface area (Å²) >= 11 is 0. The fourth-order valence-corrected chi connectivity index (χ4v) is 3.97. The standard InChI is InChI=1S/C27H19N3O7/c1-15-6-2-3-7-16(15)14-34-26(33)29-21-17-8-4-5-9-18(17)35-19(21)10-11-20-28-22-23(36-20)37-24(30-22)27(12-13-27)25(31)32/h2-9H,12-14H2,1H3,(H,29,33)(H,31,32). The minimum absolute atomic E-state index is 0.00140. The van der Waals surface area contributed by atoms with E-state index in [1.807, 2.05) is 37.3 Å². The molecule has 10 nitrogen and oxygen atoms in total. The Morgan fingerprint density at radius 3 is 2.59 bits per heavy atom. The monoisotopic (exact) mass is 497 g/mol. The molecule has 0 saturated heterocycles. The maximum Gasteiger partial charge on any atom is 0.412 e. The van der Waals surface area contributed by atoms with Crippen molar-refractivity contribution in [3.8, 4) is 11.8 Å². The van der Waals surface area contributed by atoms with Crippen LogP contribution in [0.25, 0.3) is 22.4 Å². The molecule has 10 heteroatoms. The Bertz CT molecular complexity index is 1710. The van der Waals surface area contributed by atoms with Gasteiger partial charge in [0.2, 0.25) is 17.3 Å². The van der Waals surface area contributed by atoms with Crippen LogP contribution >= 0.6 is 0 Å². The predicted octanol–water partition coefficient (Wildman–Crippen LogP) is 5.14. The van der Waals surface area contributed by atoms with E-state index < -0.39 is 17.5 Å². The number of hydrogen-bond donors (Lipinski definition) is 2. The van der Waals surface area contributed by atoms with Crippen LogP contribution in [0.1, 0.15) is 41.5 Å². The van der Waals surface area contributed by atoms with Crippen molar-refractivity contribution in [2.24, 2.45) is 0 Å². The summed E-state index contributed by atoms with van der Waals surface area (Å²) in [4.78, 5) is 32.4. The Morgan fingerprint density at radius 2 is 1.84 bits per heavy atom. The van der Waals surface area contributed by atoms with E-state index in [1.165, 1.54) is 0 Å². The number of fused-ring (bicyclic) bond motifs is 2. The molecule has 0 aliphatic heterocycles. The van der Waals surface area contributed by atoms with Crippen LogP contribution in [0.15, 0.2) is 61.8 Å². The molecule has 1 saturated carbocycles. The first-order valence-electron chi connectivity index (χ1n) is 11.5. The average molecular weight is 497 g/mol. The summed E-state index contributed by atoms with van der Waals surface area (Å²) < 4.78 is 22.3. The highest BCUT2D eigenvalue weighted by molar-refractivity contribution is 6.00. The first-order chi connectivity index (χ1) is 17.9. The van der Waals surface area contributed by atoms with Gasteiger partial charge in [-0.05, 0) is 48.9 Å². The lowest BCUT2D eigenvalue weighted by Crippen LogP contribution is -2.19. The SMILES string of the molecule is Cc1ccccc1COC(=O)Nc1c(C#Cc2nc3nc(C4(C(=O)O)CC4)oc3o2)oc2ccccc12. The van der Waals surface area contributed by atoms with Crippen molar-refractivity contribution in [3.63, 3.8) is 0 Å².